The minimum atomic E-state index is -1.06. The molecule has 1 aliphatic rings. The lowest BCUT2D eigenvalue weighted by Crippen LogP contribution is -2.40. The first-order valence-electron chi connectivity index (χ1n) is 13.8. The number of nitrogen functional groups attached to an aromatic ring is 1. The standard InChI is InChI=1S/C32H33N5O6/c1-39-23-13-9-21(10-14-23)32(20-7-5-4-6-8-20,22-11-15-24(40-2)16-12-22)42-17-25-28(41-3)27(38)31(43-25)37-19-36-26-29(33)34-18-35-30(26)37/h4-16,18-19,25,27-28,31,38H,17H2,1-3H3,(H2,33,34,35)/t25-,27-,28-,31-/m1/s1. The lowest BCUT2D eigenvalue weighted by Gasteiger charge is -2.37. The van der Waals surface area contributed by atoms with Crippen LogP contribution in [0.2, 0.25) is 0 Å². The quantitative estimate of drug-likeness (QED) is 0.234. The molecule has 0 aliphatic carbocycles. The Morgan fingerprint density at radius 3 is 2.02 bits per heavy atom. The van der Waals surface area contributed by atoms with Gasteiger partial charge in [-0.3, -0.25) is 4.57 Å². The molecule has 0 saturated carbocycles. The zero-order chi connectivity index (χ0) is 30.0. The molecule has 1 fully saturated rings. The number of imidazole rings is 1. The molecular weight excluding hydrogens is 550 g/mol. The van der Waals surface area contributed by atoms with Crippen molar-refractivity contribution < 1.29 is 28.8 Å². The summed E-state index contributed by atoms with van der Waals surface area (Å²) in [6.07, 6.45) is -0.360. The van der Waals surface area contributed by atoms with E-state index in [4.69, 9.17) is 29.4 Å². The van der Waals surface area contributed by atoms with Gasteiger partial charge < -0.3 is 34.5 Å². The number of methoxy groups -OCH3 is 3. The number of nitrogens with zero attached hydrogens (tertiary/aromatic N) is 4. The maximum Gasteiger partial charge on any atom is 0.167 e. The van der Waals surface area contributed by atoms with Gasteiger partial charge in [0, 0.05) is 7.11 Å². The summed E-state index contributed by atoms with van der Waals surface area (Å²) in [5, 5.41) is 11.4. The lowest BCUT2D eigenvalue weighted by molar-refractivity contribution is -0.0981. The van der Waals surface area contributed by atoms with Gasteiger partial charge in [-0.15, -0.1) is 0 Å². The van der Waals surface area contributed by atoms with Crippen molar-refractivity contribution in [2.24, 2.45) is 0 Å². The zero-order valence-corrected chi connectivity index (χ0v) is 24.0. The van der Waals surface area contributed by atoms with Crippen LogP contribution in [0.1, 0.15) is 22.9 Å². The van der Waals surface area contributed by atoms with Crippen molar-refractivity contribution in [3.05, 3.63) is 108 Å². The Bertz CT molecular complexity index is 1610. The molecule has 0 radical (unpaired) electrons. The predicted octanol–water partition coefficient (Wildman–Crippen LogP) is 3.71. The molecule has 0 amide bonds. The number of benzene rings is 3. The summed E-state index contributed by atoms with van der Waals surface area (Å²) in [7, 11) is 4.80. The Kier molecular flexibility index (Phi) is 7.96. The first kappa shape index (κ1) is 28.6. The topological polar surface area (TPSA) is 136 Å². The van der Waals surface area contributed by atoms with Gasteiger partial charge in [-0.1, -0.05) is 54.6 Å². The summed E-state index contributed by atoms with van der Waals surface area (Å²) < 4.78 is 31.7. The molecule has 0 spiro atoms. The van der Waals surface area contributed by atoms with Crippen LogP contribution in [0.4, 0.5) is 5.82 Å². The van der Waals surface area contributed by atoms with Gasteiger partial charge in [0.25, 0.3) is 0 Å². The highest BCUT2D eigenvalue weighted by atomic mass is 16.6. The largest absolute Gasteiger partial charge is 0.497 e. The number of ether oxygens (including phenoxy) is 5. The van der Waals surface area contributed by atoms with Crippen LogP contribution < -0.4 is 15.2 Å². The lowest BCUT2D eigenvalue weighted by atomic mass is 9.80. The summed E-state index contributed by atoms with van der Waals surface area (Å²) in [5.74, 6) is 1.69. The molecule has 0 unspecified atom stereocenters. The van der Waals surface area contributed by atoms with Crippen LogP contribution in [0.15, 0.2) is 91.5 Å². The summed E-state index contributed by atoms with van der Waals surface area (Å²) in [6.45, 7) is 0.0722. The number of anilines is 1. The van der Waals surface area contributed by atoms with E-state index in [2.05, 4.69) is 15.0 Å². The highest BCUT2D eigenvalue weighted by Crippen LogP contribution is 2.43. The number of aromatic nitrogens is 4. The van der Waals surface area contributed by atoms with E-state index in [1.54, 1.807) is 18.8 Å². The summed E-state index contributed by atoms with van der Waals surface area (Å²) >= 11 is 0. The van der Waals surface area contributed by atoms with E-state index < -0.39 is 30.1 Å². The van der Waals surface area contributed by atoms with Gasteiger partial charge in [0.2, 0.25) is 0 Å². The fraction of sp³-hybridized carbons (Fsp3) is 0.281. The van der Waals surface area contributed by atoms with Crippen molar-refractivity contribution >= 4 is 17.0 Å². The molecule has 3 heterocycles. The van der Waals surface area contributed by atoms with E-state index >= 15 is 0 Å². The Morgan fingerprint density at radius 1 is 0.837 bits per heavy atom. The second-order valence-corrected chi connectivity index (χ2v) is 10.2. The molecule has 11 nitrogen and oxygen atoms in total. The fourth-order valence-corrected chi connectivity index (χ4v) is 5.71. The molecule has 6 rings (SSSR count). The average Bonchev–Trinajstić information content (AvgIpc) is 3.63. The molecule has 0 bridgehead atoms. The third-order valence-electron chi connectivity index (χ3n) is 7.88. The van der Waals surface area contributed by atoms with Crippen molar-refractivity contribution in [1.82, 2.24) is 19.5 Å². The third-order valence-corrected chi connectivity index (χ3v) is 7.88. The van der Waals surface area contributed by atoms with Crippen molar-refractivity contribution in [2.75, 3.05) is 33.7 Å². The fourth-order valence-electron chi connectivity index (χ4n) is 5.71. The molecule has 2 aromatic heterocycles. The van der Waals surface area contributed by atoms with Gasteiger partial charge in [0.05, 0.1) is 27.2 Å². The zero-order valence-electron chi connectivity index (χ0n) is 24.0. The van der Waals surface area contributed by atoms with E-state index in [9.17, 15) is 5.11 Å². The minimum Gasteiger partial charge on any atom is -0.497 e. The first-order chi connectivity index (χ1) is 21.0. The highest BCUT2D eigenvalue weighted by Gasteiger charge is 2.48. The Balaban J connectivity index is 1.40. The minimum absolute atomic E-state index is 0.0722. The van der Waals surface area contributed by atoms with E-state index in [0.717, 1.165) is 28.2 Å². The SMILES string of the molecule is COc1ccc(C(OC[C@H]2O[C@@H](n3cnc4c(N)ncnc43)[C@H](O)[C@@H]2OC)(c2ccccc2)c2ccc(OC)cc2)cc1. The summed E-state index contributed by atoms with van der Waals surface area (Å²) in [6, 6.07) is 25.5. The van der Waals surface area contributed by atoms with Crippen molar-refractivity contribution in [3.8, 4) is 11.5 Å². The predicted molar refractivity (Wildman–Crippen MR) is 159 cm³/mol. The second-order valence-electron chi connectivity index (χ2n) is 10.2. The molecule has 11 heteroatoms. The number of hydrogen-bond acceptors (Lipinski definition) is 10. The van der Waals surface area contributed by atoms with Crippen LogP contribution in [0.25, 0.3) is 11.2 Å². The van der Waals surface area contributed by atoms with E-state index in [1.165, 1.54) is 19.8 Å². The van der Waals surface area contributed by atoms with Gasteiger partial charge in [0.1, 0.15) is 47.3 Å². The molecule has 3 aromatic carbocycles. The van der Waals surface area contributed by atoms with Crippen molar-refractivity contribution in [2.45, 2.75) is 30.1 Å². The molecule has 5 aromatic rings. The summed E-state index contributed by atoms with van der Waals surface area (Å²) in [4.78, 5) is 12.7. The number of rotatable bonds is 10. The van der Waals surface area contributed by atoms with Gasteiger partial charge in [0.15, 0.2) is 17.7 Å². The van der Waals surface area contributed by atoms with E-state index in [0.29, 0.717) is 11.2 Å². The second kappa shape index (κ2) is 12.0. The van der Waals surface area contributed by atoms with Crippen LogP contribution in [-0.2, 0) is 19.8 Å². The Labute approximate surface area is 248 Å². The van der Waals surface area contributed by atoms with E-state index in [-0.39, 0.29) is 12.4 Å². The maximum absolute atomic E-state index is 11.4. The van der Waals surface area contributed by atoms with Crippen LogP contribution in [0.5, 0.6) is 11.5 Å². The molecule has 3 N–H and O–H groups in total. The Morgan fingerprint density at radius 2 is 1.44 bits per heavy atom. The molecule has 222 valence electrons. The third kappa shape index (κ3) is 5.06. The maximum atomic E-state index is 11.4. The van der Waals surface area contributed by atoms with Gasteiger partial charge in [-0.25, -0.2) is 15.0 Å². The number of aliphatic hydroxyl groups is 1. The van der Waals surface area contributed by atoms with Crippen LogP contribution in [-0.4, -0.2) is 70.9 Å². The number of hydrogen-bond donors (Lipinski definition) is 2. The monoisotopic (exact) mass is 583 g/mol. The Hall–Kier alpha value is -4.55. The van der Waals surface area contributed by atoms with Crippen LogP contribution in [0, 0.1) is 0 Å². The molecule has 1 aliphatic heterocycles. The molecule has 4 atom stereocenters. The number of fused-ring (bicyclic) bond motifs is 1. The highest BCUT2D eigenvalue weighted by molar-refractivity contribution is 5.81. The first-order valence-corrected chi connectivity index (χ1v) is 13.8. The molecular formula is C32H33N5O6. The number of nitrogens with two attached hydrogens (primary N) is 1. The normalized spacial score (nSPS) is 20.4. The van der Waals surface area contributed by atoms with Gasteiger partial charge in [-0.2, -0.15) is 0 Å². The van der Waals surface area contributed by atoms with Gasteiger partial charge >= 0.3 is 0 Å². The molecule has 1 saturated heterocycles. The van der Waals surface area contributed by atoms with Crippen molar-refractivity contribution in [1.29, 1.82) is 0 Å². The summed E-state index contributed by atoms with van der Waals surface area (Å²) in [5.41, 5.74) is 8.46. The number of aliphatic hydroxyl groups excluding tert-OH is 1. The van der Waals surface area contributed by atoms with Crippen LogP contribution in [0.3, 0.4) is 0 Å². The molecule has 43 heavy (non-hydrogen) atoms. The van der Waals surface area contributed by atoms with Gasteiger partial charge in [-0.05, 0) is 41.0 Å². The average molecular weight is 584 g/mol. The van der Waals surface area contributed by atoms with E-state index in [1.807, 2.05) is 78.9 Å². The van der Waals surface area contributed by atoms with Crippen LogP contribution >= 0.6 is 0 Å². The van der Waals surface area contributed by atoms with Crippen molar-refractivity contribution in [3.63, 3.8) is 0 Å². The smallest absolute Gasteiger partial charge is 0.167 e.